The van der Waals surface area contributed by atoms with Crippen molar-refractivity contribution in [2.75, 3.05) is 26.2 Å². The van der Waals surface area contributed by atoms with Gasteiger partial charge in [0, 0.05) is 23.7 Å². The minimum absolute atomic E-state index is 0.0239. The molecule has 1 atom stereocenters. The van der Waals surface area contributed by atoms with Gasteiger partial charge in [0.05, 0.1) is 11.6 Å². The first-order valence-corrected chi connectivity index (χ1v) is 11.8. The fourth-order valence-electron chi connectivity index (χ4n) is 4.20. The van der Waals surface area contributed by atoms with Gasteiger partial charge >= 0.3 is 0 Å². The molecule has 0 aliphatic carbocycles. The van der Waals surface area contributed by atoms with Gasteiger partial charge < -0.3 is 14.9 Å². The van der Waals surface area contributed by atoms with Crippen molar-refractivity contribution in [3.63, 3.8) is 0 Å². The Labute approximate surface area is 201 Å². The molecular weight excluding hydrogens is 436 g/mol. The molecule has 0 bridgehead atoms. The van der Waals surface area contributed by atoms with Crippen LogP contribution in [0.4, 0.5) is 0 Å². The van der Waals surface area contributed by atoms with Gasteiger partial charge in [0.2, 0.25) is 0 Å². The average Bonchev–Trinajstić information content (AvgIpc) is 3.03. The number of halogens is 1. The van der Waals surface area contributed by atoms with Gasteiger partial charge in [-0.3, -0.25) is 9.59 Å². The summed E-state index contributed by atoms with van der Waals surface area (Å²) in [5, 5.41) is 11.6. The number of aliphatic hydroxyl groups is 1. The van der Waals surface area contributed by atoms with Crippen molar-refractivity contribution in [3.8, 4) is 0 Å². The standard InChI is InChI=1S/C27H33ClN2O3/c1-6-29(7-2)15-16-30-23(18-11-13-20(14-12-18)27(3,4)5)22(25(32)26(30)33)24(31)19-9-8-10-21(28)17-19/h8-14,17,23,31H,6-7,15-16H2,1-5H3/b24-22-. The molecule has 33 heavy (non-hydrogen) atoms. The first-order valence-electron chi connectivity index (χ1n) is 11.5. The monoisotopic (exact) mass is 468 g/mol. The Kier molecular flexibility index (Phi) is 7.65. The van der Waals surface area contributed by atoms with Crippen LogP contribution in [0.3, 0.4) is 0 Å². The highest BCUT2D eigenvalue weighted by Gasteiger charge is 2.46. The van der Waals surface area contributed by atoms with Gasteiger partial charge in [-0.2, -0.15) is 0 Å². The number of amides is 1. The summed E-state index contributed by atoms with van der Waals surface area (Å²) < 4.78 is 0. The number of likely N-dealkylation sites (tertiary alicyclic amines) is 1. The Morgan fingerprint density at radius 3 is 2.24 bits per heavy atom. The topological polar surface area (TPSA) is 60.9 Å². The Morgan fingerprint density at radius 2 is 1.70 bits per heavy atom. The molecule has 1 heterocycles. The molecular formula is C27H33ClN2O3. The molecule has 5 nitrogen and oxygen atoms in total. The zero-order valence-electron chi connectivity index (χ0n) is 20.1. The molecule has 1 aliphatic heterocycles. The first-order chi connectivity index (χ1) is 15.6. The number of ketones is 1. The van der Waals surface area contributed by atoms with E-state index in [0.29, 0.717) is 23.7 Å². The molecule has 0 saturated carbocycles. The van der Waals surface area contributed by atoms with Crippen molar-refractivity contribution in [1.29, 1.82) is 0 Å². The highest BCUT2D eigenvalue weighted by atomic mass is 35.5. The largest absolute Gasteiger partial charge is 0.507 e. The van der Waals surface area contributed by atoms with Crippen LogP contribution in [0, 0.1) is 0 Å². The average molecular weight is 469 g/mol. The van der Waals surface area contributed by atoms with E-state index in [4.69, 9.17) is 11.6 Å². The van der Waals surface area contributed by atoms with E-state index in [9.17, 15) is 14.7 Å². The van der Waals surface area contributed by atoms with Gasteiger partial charge in [0.1, 0.15) is 5.76 Å². The molecule has 1 saturated heterocycles. The van der Waals surface area contributed by atoms with Crippen LogP contribution in [0.25, 0.3) is 5.76 Å². The maximum Gasteiger partial charge on any atom is 0.295 e. The van der Waals surface area contributed by atoms with Crippen LogP contribution in [0.5, 0.6) is 0 Å². The second kappa shape index (κ2) is 10.1. The molecule has 1 N–H and O–H groups in total. The number of aliphatic hydroxyl groups excluding tert-OH is 1. The fraction of sp³-hybridized carbons (Fsp3) is 0.407. The number of likely N-dealkylation sites (N-methyl/N-ethyl adjacent to an activating group) is 1. The van der Waals surface area contributed by atoms with Crippen molar-refractivity contribution < 1.29 is 14.7 Å². The molecule has 6 heteroatoms. The number of hydrogen-bond donors (Lipinski definition) is 1. The number of Topliss-reactive ketones (excluding diaryl/α,β-unsaturated/α-hetero) is 1. The number of rotatable bonds is 7. The van der Waals surface area contributed by atoms with E-state index in [2.05, 4.69) is 39.5 Å². The number of hydrogen-bond acceptors (Lipinski definition) is 4. The maximum absolute atomic E-state index is 13.2. The Morgan fingerprint density at radius 1 is 1.06 bits per heavy atom. The van der Waals surface area contributed by atoms with Crippen LogP contribution < -0.4 is 0 Å². The van der Waals surface area contributed by atoms with Gasteiger partial charge in [0.25, 0.3) is 11.7 Å². The van der Waals surface area contributed by atoms with E-state index in [1.807, 2.05) is 24.3 Å². The van der Waals surface area contributed by atoms with Crippen LogP contribution >= 0.6 is 11.6 Å². The highest BCUT2D eigenvalue weighted by Crippen LogP contribution is 2.40. The third-order valence-electron chi connectivity index (χ3n) is 6.28. The van der Waals surface area contributed by atoms with Crippen molar-refractivity contribution in [3.05, 3.63) is 75.8 Å². The zero-order valence-corrected chi connectivity index (χ0v) is 20.8. The molecule has 1 amide bonds. The lowest BCUT2D eigenvalue weighted by Crippen LogP contribution is -2.38. The van der Waals surface area contributed by atoms with Crippen LogP contribution in [-0.4, -0.2) is 52.8 Å². The summed E-state index contributed by atoms with van der Waals surface area (Å²) in [5.74, 6) is -1.46. The normalized spacial score (nSPS) is 18.4. The zero-order chi connectivity index (χ0) is 24.3. The first kappa shape index (κ1) is 25.0. The summed E-state index contributed by atoms with van der Waals surface area (Å²) in [5.41, 5.74) is 2.45. The van der Waals surface area contributed by atoms with Gasteiger partial charge in [0.15, 0.2) is 0 Å². The number of carbonyl (C=O) groups is 2. The van der Waals surface area contributed by atoms with Gasteiger partial charge in [-0.05, 0) is 41.8 Å². The van der Waals surface area contributed by atoms with Crippen molar-refractivity contribution in [2.24, 2.45) is 0 Å². The Balaban J connectivity index is 2.11. The summed E-state index contributed by atoms with van der Waals surface area (Å²) in [4.78, 5) is 30.0. The van der Waals surface area contributed by atoms with Gasteiger partial charge in [-0.1, -0.05) is 82.6 Å². The van der Waals surface area contributed by atoms with Gasteiger partial charge in [-0.15, -0.1) is 0 Å². The van der Waals surface area contributed by atoms with Crippen LogP contribution in [-0.2, 0) is 15.0 Å². The van der Waals surface area contributed by atoms with E-state index in [0.717, 1.165) is 24.2 Å². The summed E-state index contributed by atoms with van der Waals surface area (Å²) >= 11 is 6.12. The van der Waals surface area contributed by atoms with E-state index in [1.54, 1.807) is 29.2 Å². The van der Waals surface area contributed by atoms with Crippen LogP contribution in [0.2, 0.25) is 5.02 Å². The molecule has 0 radical (unpaired) electrons. The molecule has 0 spiro atoms. The molecule has 3 rings (SSSR count). The second-order valence-corrected chi connectivity index (χ2v) is 9.84. The smallest absolute Gasteiger partial charge is 0.295 e. The summed E-state index contributed by atoms with van der Waals surface area (Å²) in [6.07, 6.45) is 0. The lowest BCUT2D eigenvalue weighted by atomic mass is 9.85. The third-order valence-corrected chi connectivity index (χ3v) is 6.52. The molecule has 1 fully saturated rings. The molecule has 2 aromatic carbocycles. The van der Waals surface area contributed by atoms with Crippen molar-refractivity contribution in [1.82, 2.24) is 9.80 Å². The van der Waals surface area contributed by atoms with E-state index >= 15 is 0 Å². The number of carbonyl (C=O) groups excluding carboxylic acids is 2. The van der Waals surface area contributed by atoms with Crippen LogP contribution in [0.15, 0.2) is 54.1 Å². The molecule has 2 aromatic rings. The maximum atomic E-state index is 13.2. The lowest BCUT2D eigenvalue weighted by Gasteiger charge is -2.28. The number of benzene rings is 2. The molecule has 0 aromatic heterocycles. The molecule has 1 unspecified atom stereocenters. The summed E-state index contributed by atoms with van der Waals surface area (Å²) in [6.45, 7) is 13.3. The van der Waals surface area contributed by atoms with Crippen molar-refractivity contribution in [2.45, 2.75) is 46.1 Å². The lowest BCUT2D eigenvalue weighted by molar-refractivity contribution is -0.140. The summed E-state index contributed by atoms with van der Waals surface area (Å²) in [6, 6.07) is 14.0. The van der Waals surface area contributed by atoms with E-state index < -0.39 is 17.7 Å². The number of nitrogens with zero attached hydrogens (tertiary/aromatic N) is 2. The predicted molar refractivity (Wildman–Crippen MR) is 133 cm³/mol. The minimum Gasteiger partial charge on any atom is -0.507 e. The second-order valence-electron chi connectivity index (χ2n) is 9.40. The molecule has 176 valence electrons. The SMILES string of the molecule is CCN(CC)CCN1C(=O)C(=O)/C(=C(\O)c2cccc(Cl)c2)C1c1ccc(C(C)(C)C)cc1. The third kappa shape index (κ3) is 5.31. The molecule has 1 aliphatic rings. The van der Waals surface area contributed by atoms with Gasteiger partial charge in [-0.25, -0.2) is 0 Å². The van der Waals surface area contributed by atoms with E-state index in [1.165, 1.54) is 0 Å². The Bertz CT molecular complexity index is 1050. The minimum atomic E-state index is -0.670. The van der Waals surface area contributed by atoms with Crippen LogP contribution in [0.1, 0.15) is 57.4 Å². The quantitative estimate of drug-likeness (QED) is 0.335. The summed E-state index contributed by atoms with van der Waals surface area (Å²) in [7, 11) is 0. The highest BCUT2D eigenvalue weighted by molar-refractivity contribution is 6.46. The Hall–Kier alpha value is -2.63. The predicted octanol–water partition coefficient (Wildman–Crippen LogP) is 5.40. The fourth-order valence-corrected chi connectivity index (χ4v) is 4.39. The van der Waals surface area contributed by atoms with Crippen molar-refractivity contribution >= 4 is 29.1 Å². The van der Waals surface area contributed by atoms with E-state index in [-0.39, 0.29) is 16.7 Å².